The van der Waals surface area contributed by atoms with Crippen LogP contribution in [0.15, 0.2) is 11.7 Å². The average molecular weight is 416 g/mol. The van der Waals surface area contributed by atoms with Gasteiger partial charge in [-0.3, -0.25) is 9.59 Å². The number of morpholine rings is 1. The number of thiazole rings is 1. The van der Waals surface area contributed by atoms with Crippen molar-refractivity contribution in [1.82, 2.24) is 24.8 Å². The molecular weight excluding hydrogens is 390 g/mol. The molecule has 2 saturated heterocycles. The monoisotopic (exact) mass is 415 g/mol. The molecule has 2 aliphatic rings. The van der Waals surface area contributed by atoms with E-state index in [0.29, 0.717) is 50.7 Å². The molecule has 4 rings (SSSR count). The van der Waals surface area contributed by atoms with Crippen LogP contribution in [-0.4, -0.2) is 76.0 Å². The van der Waals surface area contributed by atoms with E-state index in [4.69, 9.17) is 4.74 Å². The number of rotatable bonds is 3. The Kier molecular flexibility index (Phi) is 5.86. The second-order valence-corrected chi connectivity index (χ2v) is 8.32. The van der Waals surface area contributed by atoms with Crippen molar-refractivity contribution in [3.8, 4) is 0 Å². The van der Waals surface area contributed by atoms with Crippen LogP contribution in [0.2, 0.25) is 0 Å². The molecule has 0 N–H and O–H groups in total. The van der Waals surface area contributed by atoms with Gasteiger partial charge in [0.15, 0.2) is 0 Å². The molecule has 0 spiro atoms. The maximum absolute atomic E-state index is 12.7. The van der Waals surface area contributed by atoms with Gasteiger partial charge in [0.2, 0.25) is 0 Å². The molecule has 0 aromatic carbocycles. The van der Waals surface area contributed by atoms with Gasteiger partial charge < -0.3 is 14.5 Å². The third-order valence-electron chi connectivity index (χ3n) is 5.61. The highest BCUT2D eigenvalue weighted by atomic mass is 32.1. The highest BCUT2D eigenvalue weighted by molar-refractivity contribution is 7.11. The van der Waals surface area contributed by atoms with Crippen molar-refractivity contribution < 1.29 is 14.3 Å². The van der Waals surface area contributed by atoms with Crippen LogP contribution < -0.4 is 0 Å². The van der Waals surface area contributed by atoms with Gasteiger partial charge in [0, 0.05) is 38.3 Å². The van der Waals surface area contributed by atoms with Crippen LogP contribution in [0.4, 0.5) is 0 Å². The van der Waals surface area contributed by atoms with Crippen LogP contribution in [0.5, 0.6) is 0 Å². The van der Waals surface area contributed by atoms with Crippen LogP contribution in [0.3, 0.4) is 0 Å². The molecule has 2 fully saturated rings. The largest absolute Gasteiger partial charge is 0.378 e. The zero-order valence-electron chi connectivity index (χ0n) is 16.8. The number of hydrogen-bond acceptors (Lipinski definition) is 7. The lowest BCUT2D eigenvalue weighted by molar-refractivity contribution is 0.0301. The first-order valence-corrected chi connectivity index (χ1v) is 10.8. The van der Waals surface area contributed by atoms with Gasteiger partial charge in [0.25, 0.3) is 11.8 Å². The predicted octanol–water partition coefficient (Wildman–Crippen LogP) is 2.04. The Balaban J connectivity index is 1.40. The summed E-state index contributed by atoms with van der Waals surface area (Å²) in [6.45, 7) is 7.44. The summed E-state index contributed by atoms with van der Waals surface area (Å²) in [5.74, 6) is 1.000. The number of ether oxygens (including phenoxy) is 1. The normalized spacial score (nSPS) is 18.1. The molecule has 4 heterocycles. The highest BCUT2D eigenvalue weighted by Gasteiger charge is 2.28. The fourth-order valence-electron chi connectivity index (χ4n) is 3.82. The number of amides is 2. The van der Waals surface area contributed by atoms with Crippen molar-refractivity contribution in [1.29, 1.82) is 0 Å². The molecule has 2 aromatic rings. The third kappa shape index (κ3) is 4.16. The fraction of sp³-hybridized carbons (Fsp3) is 0.550. The van der Waals surface area contributed by atoms with Crippen LogP contribution in [-0.2, 0) is 4.74 Å². The van der Waals surface area contributed by atoms with E-state index in [1.807, 2.05) is 18.7 Å². The Bertz CT molecular complexity index is 901. The minimum absolute atomic E-state index is 0.0299. The second kappa shape index (κ2) is 8.54. The predicted molar refractivity (Wildman–Crippen MR) is 108 cm³/mol. The van der Waals surface area contributed by atoms with Crippen LogP contribution in [0, 0.1) is 13.8 Å². The lowest BCUT2D eigenvalue weighted by Crippen LogP contribution is -2.41. The number of likely N-dealkylation sites (tertiary alicyclic amines) is 1. The number of aromatic nitrogens is 3. The molecule has 0 aliphatic carbocycles. The van der Waals surface area contributed by atoms with Crippen LogP contribution >= 0.6 is 11.3 Å². The summed E-state index contributed by atoms with van der Waals surface area (Å²) >= 11 is 1.40. The van der Waals surface area contributed by atoms with Crippen molar-refractivity contribution in [2.45, 2.75) is 32.6 Å². The zero-order chi connectivity index (χ0) is 20.4. The van der Waals surface area contributed by atoms with Crippen LogP contribution in [0.1, 0.15) is 56.0 Å². The zero-order valence-corrected chi connectivity index (χ0v) is 17.6. The first-order chi connectivity index (χ1) is 14.0. The first kappa shape index (κ1) is 19.9. The SMILES string of the molecule is Cc1nc(C2CCN(C(=O)c3scnc3C)CC2)ncc1C(=O)N1CCOCC1. The second-order valence-electron chi connectivity index (χ2n) is 7.47. The van der Waals surface area contributed by atoms with E-state index < -0.39 is 0 Å². The topological polar surface area (TPSA) is 88.5 Å². The minimum atomic E-state index is -0.0299. The maximum Gasteiger partial charge on any atom is 0.265 e. The Labute approximate surface area is 173 Å². The molecule has 0 bridgehead atoms. The number of carbonyl (C=O) groups is 2. The van der Waals surface area contributed by atoms with Gasteiger partial charge in [-0.2, -0.15) is 0 Å². The molecule has 0 atom stereocenters. The summed E-state index contributed by atoms with van der Waals surface area (Å²) in [6.07, 6.45) is 3.30. The molecule has 2 aliphatic heterocycles. The van der Waals surface area contributed by atoms with Gasteiger partial charge >= 0.3 is 0 Å². The number of piperidine rings is 1. The van der Waals surface area contributed by atoms with E-state index in [1.165, 1.54) is 11.3 Å². The van der Waals surface area contributed by atoms with E-state index in [-0.39, 0.29) is 17.7 Å². The number of carbonyl (C=O) groups excluding carboxylic acids is 2. The third-order valence-corrected chi connectivity index (χ3v) is 6.53. The molecule has 29 heavy (non-hydrogen) atoms. The van der Waals surface area contributed by atoms with Crippen molar-refractivity contribution in [2.75, 3.05) is 39.4 Å². The quantitative estimate of drug-likeness (QED) is 0.762. The standard InChI is InChI=1S/C20H25N5O3S/c1-13-16(19(26)25-7-9-28-10-8-25)11-21-18(23-13)15-3-5-24(6-4-15)20(27)17-14(2)22-12-29-17/h11-12,15H,3-10H2,1-2H3. The molecule has 0 unspecified atom stereocenters. The smallest absolute Gasteiger partial charge is 0.265 e. The Morgan fingerprint density at radius 2 is 1.69 bits per heavy atom. The molecule has 2 aromatic heterocycles. The number of hydrogen-bond donors (Lipinski definition) is 0. The molecule has 0 radical (unpaired) electrons. The summed E-state index contributed by atoms with van der Waals surface area (Å²) in [7, 11) is 0. The highest BCUT2D eigenvalue weighted by Crippen LogP contribution is 2.28. The van der Waals surface area contributed by atoms with Gasteiger partial charge in [-0.05, 0) is 26.7 Å². The molecule has 8 nitrogen and oxygen atoms in total. The molecule has 2 amide bonds. The summed E-state index contributed by atoms with van der Waals surface area (Å²) in [5, 5.41) is 0. The van der Waals surface area contributed by atoms with Gasteiger partial charge in [-0.15, -0.1) is 11.3 Å². The molecule has 0 saturated carbocycles. The Morgan fingerprint density at radius 3 is 2.31 bits per heavy atom. The summed E-state index contributed by atoms with van der Waals surface area (Å²) in [6, 6.07) is 0. The molecule has 154 valence electrons. The average Bonchev–Trinajstić information content (AvgIpc) is 3.19. The van der Waals surface area contributed by atoms with Gasteiger partial charge in [0.05, 0.1) is 35.7 Å². The number of aryl methyl sites for hydroxylation is 2. The fourth-order valence-corrected chi connectivity index (χ4v) is 4.59. The Morgan fingerprint density at radius 1 is 1.00 bits per heavy atom. The van der Waals surface area contributed by atoms with Gasteiger partial charge in [-0.1, -0.05) is 0 Å². The first-order valence-electron chi connectivity index (χ1n) is 9.94. The van der Waals surface area contributed by atoms with E-state index in [9.17, 15) is 9.59 Å². The minimum Gasteiger partial charge on any atom is -0.378 e. The lowest BCUT2D eigenvalue weighted by atomic mass is 9.95. The lowest BCUT2D eigenvalue weighted by Gasteiger charge is -2.31. The molecule has 9 heteroatoms. The maximum atomic E-state index is 12.7. The van der Waals surface area contributed by atoms with E-state index >= 15 is 0 Å². The van der Waals surface area contributed by atoms with Gasteiger partial charge in [0.1, 0.15) is 10.7 Å². The van der Waals surface area contributed by atoms with E-state index in [0.717, 1.165) is 29.2 Å². The molecular formula is C20H25N5O3S. The number of nitrogens with zero attached hydrogens (tertiary/aromatic N) is 5. The van der Waals surface area contributed by atoms with Crippen molar-refractivity contribution >= 4 is 23.2 Å². The van der Waals surface area contributed by atoms with Crippen molar-refractivity contribution in [3.05, 3.63) is 39.4 Å². The summed E-state index contributed by atoms with van der Waals surface area (Å²) in [5.41, 5.74) is 3.78. The summed E-state index contributed by atoms with van der Waals surface area (Å²) in [4.78, 5) is 43.1. The Hall–Kier alpha value is -2.39. The van der Waals surface area contributed by atoms with E-state index in [2.05, 4.69) is 15.0 Å². The summed E-state index contributed by atoms with van der Waals surface area (Å²) < 4.78 is 5.31. The van der Waals surface area contributed by atoms with Gasteiger partial charge in [-0.25, -0.2) is 15.0 Å². The van der Waals surface area contributed by atoms with Crippen molar-refractivity contribution in [3.63, 3.8) is 0 Å². The van der Waals surface area contributed by atoms with Crippen LogP contribution in [0.25, 0.3) is 0 Å². The van der Waals surface area contributed by atoms with Crippen molar-refractivity contribution in [2.24, 2.45) is 0 Å². The van der Waals surface area contributed by atoms with E-state index in [1.54, 1.807) is 16.6 Å².